The molecule has 1 aromatic carbocycles. The molecule has 0 aliphatic heterocycles. The molecule has 0 atom stereocenters. The summed E-state index contributed by atoms with van der Waals surface area (Å²) < 4.78 is 5.42. The van der Waals surface area contributed by atoms with Crippen molar-refractivity contribution in [3.63, 3.8) is 0 Å². The summed E-state index contributed by atoms with van der Waals surface area (Å²) in [4.78, 5) is 8.07. The van der Waals surface area contributed by atoms with Crippen LogP contribution in [0.4, 0.5) is 0 Å². The van der Waals surface area contributed by atoms with E-state index < -0.39 is 0 Å². The Morgan fingerprint density at radius 1 is 1.27 bits per heavy atom. The molecule has 76 valence electrons. The van der Waals surface area contributed by atoms with Crippen LogP contribution in [0, 0.1) is 0 Å². The fourth-order valence-electron chi connectivity index (χ4n) is 1.37. The second kappa shape index (κ2) is 4.55. The molecule has 0 radical (unpaired) electrons. The van der Waals surface area contributed by atoms with E-state index in [1.165, 1.54) is 0 Å². The van der Waals surface area contributed by atoms with Gasteiger partial charge in [0.15, 0.2) is 0 Å². The summed E-state index contributed by atoms with van der Waals surface area (Å²) in [6, 6.07) is 9.76. The fourth-order valence-corrected chi connectivity index (χ4v) is 1.37. The zero-order valence-corrected chi connectivity index (χ0v) is 8.55. The predicted molar refractivity (Wildman–Crippen MR) is 58.6 cm³/mol. The van der Waals surface area contributed by atoms with E-state index in [2.05, 4.69) is 9.97 Å². The monoisotopic (exact) mass is 200 g/mol. The first kappa shape index (κ1) is 9.65. The summed E-state index contributed by atoms with van der Waals surface area (Å²) in [7, 11) is 0. The lowest BCUT2D eigenvalue weighted by molar-refractivity contribution is 0.340. The molecule has 3 heteroatoms. The zero-order valence-electron chi connectivity index (χ0n) is 8.55. The van der Waals surface area contributed by atoms with Gasteiger partial charge in [-0.15, -0.1) is 0 Å². The van der Waals surface area contributed by atoms with Gasteiger partial charge in [-0.05, 0) is 25.1 Å². The van der Waals surface area contributed by atoms with E-state index >= 15 is 0 Å². The average Bonchev–Trinajstić information content (AvgIpc) is 2.31. The first-order chi connectivity index (χ1) is 7.40. The highest BCUT2D eigenvalue weighted by Gasteiger charge is 1.99. The quantitative estimate of drug-likeness (QED) is 0.763. The number of rotatable bonds is 3. The zero-order chi connectivity index (χ0) is 10.5. The molecule has 2 rings (SSSR count). The highest BCUT2D eigenvalue weighted by Crippen LogP contribution is 2.21. The van der Waals surface area contributed by atoms with Crippen LogP contribution in [0.25, 0.3) is 11.3 Å². The van der Waals surface area contributed by atoms with Gasteiger partial charge in [-0.2, -0.15) is 0 Å². The normalized spacial score (nSPS) is 9.93. The predicted octanol–water partition coefficient (Wildman–Crippen LogP) is 2.54. The molecule has 0 aliphatic carbocycles. The van der Waals surface area contributed by atoms with E-state index in [0.717, 1.165) is 17.0 Å². The second-order valence-electron chi connectivity index (χ2n) is 3.06. The van der Waals surface area contributed by atoms with Gasteiger partial charge in [0, 0.05) is 11.8 Å². The van der Waals surface area contributed by atoms with Crippen molar-refractivity contribution in [2.75, 3.05) is 6.61 Å². The van der Waals surface area contributed by atoms with Gasteiger partial charge < -0.3 is 4.74 Å². The van der Waals surface area contributed by atoms with Gasteiger partial charge in [-0.25, -0.2) is 9.97 Å². The van der Waals surface area contributed by atoms with Gasteiger partial charge in [0.25, 0.3) is 0 Å². The fraction of sp³-hybridized carbons (Fsp3) is 0.167. The topological polar surface area (TPSA) is 35.0 Å². The molecular formula is C12H12N2O. The van der Waals surface area contributed by atoms with Crippen LogP contribution in [0.2, 0.25) is 0 Å². The molecule has 3 nitrogen and oxygen atoms in total. The highest BCUT2D eigenvalue weighted by atomic mass is 16.5. The van der Waals surface area contributed by atoms with Crippen LogP contribution in [0.5, 0.6) is 5.75 Å². The van der Waals surface area contributed by atoms with E-state index in [0.29, 0.717) is 6.61 Å². The summed E-state index contributed by atoms with van der Waals surface area (Å²) in [6.07, 6.45) is 3.28. The van der Waals surface area contributed by atoms with Crippen molar-refractivity contribution >= 4 is 0 Å². The van der Waals surface area contributed by atoms with Crippen molar-refractivity contribution in [2.24, 2.45) is 0 Å². The van der Waals surface area contributed by atoms with Crippen LogP contribution in [0.1, 0.15) is 6.92 Å². The third-order valence-electron chi connectivity index (χ3n) is 2.02. The van der Waals surface area contributed by atoms with E-state index in [1.54, 1.807) is 12.5 Å². The SMILES string of the molecule is CCOc1cccc(-c2ccncn2)c1. The van der Waals surface area contributed by atoms with Crippen molar-refractivity contribution in [3.8, 4) is 17.0 Å². The molecule has 0 saturated heterocycles. The number of aromatic nitrogens is 2. The Labute approximate surface area is 88.8 Å². The summed E-state index contributed by atoms with van der Waals surface area (Å²) in [5.41, 5.74) is 1.95. The molecule has 0 aliphatic rings. The van der Waals surface area contributed by atoms with Crippen LogP contribution >= 0.6 is 0 Å². The van der Waals surface area contributed by atoms with Crippen molar-refractivity contribution in [1.82, 2.24) is 9.97 Å². The first-order valence-corrected chi connectivity index (χ1v) is 4.89. The molecule has 15 heavy (non-hydrogen) atoms. The van der Waals surface area contributed by atoms with Crippen LogP contribution in [-0.4, -0.2) is 16.6 Å². The molecule has 0 spiro atoms. The molecule has 0 N–H and O–H groups in total. The van der Waals surface area contributed by atoms with Gasteiger partial charge in [0.2, 0.25) is 0 Å². The molecule has 0 saturated carbocycles. The molecule has 0 unspecified atom stereocenters. The lowest BCUT2D eigenvalue weighted by Gasteiger charge is -2.05. The Morgan fingerprint density at radius 3 is 2.93 bits per heavy atom. The van der Waals surface area contributed by atoms with Crippen molar-refractivity contribution in [2.45, 2.75) is 6.92 Å². The van der Waals surface area contributed by atoms with Crippen molar-refractivity contribution in [1.29, 1.82) is 0 Å². The van der Waals surface area contributed by atoms with Gasteiger partial charge >= 0.3 is 0 Å². The van der Waals surface area contributed by atoms with Crippen LogP contribution in [0.3, 0.4) is 0 Å². The van der Waals surface area contributed by atoms with Gasteiger partial charge in [-0.1, -0.05) is 12.1 Å². The number of ether oxygens (including phenoxy) is 1. The van der Waals surface area contributed by atoms with Gasteiger partial charge in [0.1, 0.15) is 12.1 Å². The largest absolute Gasteiger partial charge is 0.494 e. The van der Waals surface area contributed by atoms with Crippen molar-refractivity contribution < 1.29 is 4.74 Å². The molecular weight excluding hydrogens is 188 g/mol. The van der Waals surface area contributed by atoms with E-state index in [4.69, 9.17) is 4.74 Å². The van der Waals surface area contributed by atoms with E-state index in [9.17, 15) is 0 Å². The molecule has 0 amide bonds. The van der Waals surface area contributed by atoms with E-state index in [1.807, 2.05) is 37.3 Å². The minimum absolute atomic E-state index is 0.674. The Kier molecular flexibility index (Phi) is 2.93. The summed E-state index contributed by atoms with van der Waals surface area (Å²) in [6.45, 7) is 2.64. The van der Waals surface area contributed by atoms with Gasteiger partial charge in [0.05, 0.1) is 12.3 Å². The maximum absolute atomic E-state index is 5.42. The standard InChI is InChI=1S/C12H12N2O/c1-2-15-11-5-3-4-10(8-11)12-6-7-13-9-14-12/h3-9H,2H2,1H3. The smallest absolute Gasteiger partial charge is 0.119 e. The highest BCUT2D eigenvalue weighted by molar-refractivity contribution is 5.60. The van der Waals surface area contributed by atoms with Crippen molar-refractivity contribution in [3.05, 3.63) is 42.9 Å². The summed E-state index contributed by atoms with van der Waals surface area (Å²) in [5, 5.41) is 0. The minimum atomic E-state index is 0.674. The number of hydrogen-bond donors (Lipinski definition) is 0. The maximum atomic E-state index is 5.42. The maximum Gasteiger partial charge on any atom is 0.119 e. The number of nitrogens with zero attached hydrogens (tertiary/aromatic N) is 2. The molecule has 1 aromatic heterocycles. The lowest BCUT2D eigenvalue weighted by Crippen LogP contribution is -1.91. The first-order valence-electron chi connectivity index (χ1n) is 4.89. The molecule has 1 heterocycles. The molecule has 0 fully saturated rings. The van der Waals surface area contributed by atoms with Gasteiger partial charge in [-0.3, -0.25) is 0 Å². The molecule has 0 bridgehead atoms. The van der Waals surface area contributed by atoms with Crippen LogP contribution in [-0.2, 0) is 0 Å². The Hall–Kier alpha value is -1.90. The summed E-state index contributed by atoms with van der Waals surface area (Å²) >= 11 is 0. The Morgan fingerprint density at radius 2 is 2.20 bits per heavy atom. The number of benzene rings is 1. The van der Waals surface area contributed by atoms with E-state index in [-0.39, 0.29) is 0 Å². The minimum Gasteiger partial charge on any atom is -0.494 e. The Bertz CT molecular complexity index is 429. The number of hydrogen-bond acceptors (Lipinski definition) is 3. The van der Waals surface area contributed by atoms with Crippen LogP contribution < -0.4 is 4.74 Å². The molecule has 2 aromatic rings. The second-order valence-corrected chi connectivity index (χ2v) is 3.06. The lowest BCUT2D eigenvalue weighted by atomic mass is 10.1. The summed E-state index contributed by atoms with van der Waals surface area (Å²) in [5.74, 6) is 0.869. The average molecular weight is 200 g/mol. The van der Waals surface area contributed by atoms with Crippen LogP contribution in [0.15, 0.2) is 42.9 Å². The Balaban J connectivity index is 2.33. The third kappa shape index (κ3) is 2.31. The third-order valence-corrected chi connectivity index (χ3v) is 2.02.